The van der Waals surface area contributed by atoms with Crippen LogP contribution in [0.2, 0.25) is 0 Å². The Morgan fingerprint density at radius 1 is 1.62 bits per heavy atom. The van der Waals surface area contributed by atoms with Crippen LogP contribution in [0.3, 0.4) is 0 Å². The number of fused-ring (bicyclic) bond motifs is 1. The highest BCUT2D eigenvalue weighted by atomic mass is 14.5. The molecule has 0 heterocycles. The Labute approximate surface area is 79.8 Å². The van der Waals surface area contributed by atoms with Crippen molar-refractivity contribution < 1.29 is 0 Å². The predicted octanol–water partition coefficient (Wildman–Crippen LogP) is 3.06. The molecule has 0 N–H and O–H groups in total. The van der Waals surface area contributed by atoms with Crippen molar-refractivity contribution in [2.24, 2.45) is 17.3 Å². The molecule has 1 nitrogen and oxygen atoms in total. The first-order chi connectivity index (χ1) is 6.16. The van der Waals surface area contributed by atoms with Crippen molar-refractivity contribution >= 4 is 0 Å². The van der Waals surface area contributed by atoms with Crippen LogP contribution in [-0.4, -0.2) is 0 Å². The highest BCUT2D eigenvalue weighted by molar-refractivity contribution is 5.33. The number of hydrogen-bond acceptors (Lipinski definition) is 1. The highest BCUT2D eigenvalue weighted by Gasteiger charge is 2.50. The Hall–Kier alpha value is -1.03. The second-order valence-electron chi connectivity index (χ2n) is 4.71. The fourth-order valence-electron chi connectivity index (χ4n) is 2.72. The zero-order valence-electron chi connectivity index (χ0n) is 8.25. The normalized spacial score (nSPS) is 35.0. The number of nitriles is 1. The maximum Gasteiger partial charge on any atom is 0.0912 e. The summed E-state index contributed by atoms with van der Waals surface area (Å²) in [6.07, 6.45) is 8.42. The molecule has 1 fully saturated rings. The lowest BCUT2D eigenvalue weighted by Crippen LogP contribution is -2.47. The molecule has 68 valence electrons. The summed E-state index contributed by atoms with van der Waals surface area (Å²) < 4.78 is 0. The van der Waals surface area contributed by atoms with Crippen molar-refractivity contribution in [2.45, 2.75) is 26.7 Å². The van der Waals surface area contributed by atoms with E-state index in [1.807, 2.05) is 6.08 Å². The third-order valence-corrected chi connectivity index (χ3v) is 3.86. The van der Waals surface area contributed by atoms with Crippen molar-refractivity contribution in [3.63, 3.8) is 0 Å². The summed E-state index contributed by atoms with van der Waals surface area (Å²) in [5.41, 5.74) is 1.86. The standard InChI is InChI=1S/C12H15N/c1-12(2)10-6-5-9(4-3-7-13)11(12)8-10/h3-5,10-11H,6,8H2,1-2H3/t10-,11-/m0/s1. The Morgan fingerprint density at radius 3 is 2.92 bits per heavy atom. The van der Waals surface area contributed by atoms with Crippen molar-refractivity contribution in [1.82, 2.24) is 0 Å². The van der Waals surface area contributed by atoms with E-state index in [9.17, 15) is 0 Å². The number of hydrogen-bond donors (Lipinski definition) is 0. The molecule has 0 radical (unpaired) electrons. The van der Waals surface area contributed by atoms with E-state index in [4.69, 9.17) is 5.26 Å². The fourth-order valence-corrected chi connectivity index (χ4v) is 2.72. The summed E-state index contributed by atoms with van der Waals surface area (Å²) in [4.78, 5) is 0. The van der Waals surface area contributed by atoms with Gasteiger partial charge in [0.15, 0.2) is 0 Å². The van der Waals surface area contributed by atoms with Crippen LogP contribution in [0, 0.1) is 28.6 Å². The fraction of sp³-hybridized carbons (Fsp3) is 0.583. The van der Waals surface area contributed by atoms with Crippen molar-refractivity contribution in [3.8, 4) is 6.07 Å². The van der Waals surface area contributed by atoms with Gasteiger partial charge in [0, 0.05) is 6.08 Å². The minimum absolute atomic E-state index is 0.476. The molecular weight excluding hydrogens is 158 g/mol. The topological polar surface area (TPSA) is 23.8 Å². The Morgan fingerprint density at radius 2 is 2.38 bits per heavy atom. The molecule has 1 saturated carbocycles. The van der Waals surface area contributed by atoms with Crippen LogP contribution in [0.15, 0.2) is 23.8 Å². The van der Waals surface area contributed by atoms with E-state index >= 15 is 0 Å². The quantitative estimate of drug-likeness (QED) is 0.559. The monoisotopic (exact) mass is 173 g/mol. The molecule has 0 amide bonds. The lowest BCUT2D eigenvalue weighted by molar-refractivity contribution is -0.00328. The summed E-state index contributed by atoms with van der Waals surface area (Å²) in [5.74, 6) is 1.59. The van der Waals surface area contributed by atoms with Gasteiger partial charge >= 0.3 is 0 Å². The maximum atomic E-state index is 8.46. The molecule has 13 heavy (non-hydrogen) atoms. The SMILES string of the molecule is CC1(C)[C@H]2CC=C(C=CC#N)[C@@H]1C2. The van der Waals surface area contributed by atoms with E-state index in [1.165, 1.54) is 18.4 Å². The lowest BCUT2D eigenvalue weighted by Gasteiger charge is -2.56. The van der Waals surface area contributed by atoms with Crippen molar-refractivity contribution in [3.05, 3.63) is 23.8 Å². The first-order valence-electron chi connectivity index (χ1n) is 4.92. The van der Waals surface area contributed by atoms with Crippen molar-refractivity contribution in [1.29, 1.82) is 5.26 Å². The van der Waals surface area contributed by atoms with E-state index in [0.717, 1.165) is 5.92 Å². The molecule has 0 spiro atoms. The molecular formula is C12H15N. The van der Waals surface area contributed by atoms with Gasteiger partial charge in [-0.2, -0.15) is 5.26 Å². The van der Waals surface area contributed by atoms with Gasteiger partial charge < -0.3 is 0 Å². The number of nitrogens with zero attached hydrogens (tertiary/aromatic N) is 1. The molecule has 3 aliphatic rings. The summed E-state index contributed by atoms with van der Waals surface area (Å²) in [6, 6.07) is 2.06. The van der Waals surface area contributed by atoms with Crippen LogP contribution < -0.4 is 0 Å². The smallest absolute Gasteiger partial charge is 0.0912 e. The van der Waals surface area contributed by atoms with Gasteiger partial charge in [-0.25, -0.2) is 0 Å². The highest BCUT2D eigenvalue weighted by Crippen LogP contribution is 2.59. The molecule has 2 bridgehead atoms. The van der Waals surface area contributed by atoms with Crippen molar-refractivity contribution in [2.75, 3.05) is 0 Å². The third-order valence-electron chi connectivity index (χ3n) is 3.86. The van der Waals surface area contributed by atoms with Crippen LogP contribution in [0.4, 0.5) is 0 Å². The van der Waals surface area contributed by atoms with Crippen LogP contribution in [0.5, 0.6) is 0 Å². The van der Waals surface area contributed by atoms with Gasteiger partial charge in [-0.1, -0.05) is 19.9 Å². The second kappa shape index (κ2) is 2.73. The number of allylic oxidation sites excluding steroid dienone is 4. The van der Waals surface area contributed by atoms with Gasteiger partial charge in [0.1, 0.15) is 0 Å². The first kappa shape index (κ1) is 8.56. The molecule has 2 atom stereocenters. The largest absolute Gasteiger partial charge is 0.193 e. The van der Waals surface area contributed by atoms with Gasteiger partial charge in [0.2, 0.25) is 0 Å². The molecule has 0 aromatic heterocycles. The molecule has 0 saturated heterocycles. The van der Waals surface area contributed by atoms with Crippen LogP contribution in [-0.2, 0) is 0 Å². The first-order valence-corrected chi connectivity index (χ1v) is 4.92. The Balaban J connectivity index is 2.20. The Bertz CT molecular complexity index is 315. The summed E-state index contributed by atoms with van der Waals surface area (Å²) >= 11 is 0. The average molecular weight is 173 g/mol. The van der Waals surface area contributed by atoms with E-state index in [0.29, 0.717) is 11.3 Å². The maximum absolute atomic E-state index is 8.46. The van der Waals surface area contributed by atoms with E-state index in [2.05, 4.69) is 26.0 Å². The van der Waals surface area contributed by atoms with Gasteiger partial charge in [-0.15, -0.1) is 0 Å². The second-order valence-corrected chi connectivity index (χ2v) is 4.71. The average Bonchev–Trinajstić information content (AvgIpc) is 2.14. The summed E-state index contributed by atoms with van der Waals surface area (Å²) in [7, 11) is 0. The lowest BCUT2D eigenvalue weighted by atomic mass is 9.49. The van der Waals surface area contributed by atoms with Gasteiger partial charge in [-0.3, -0.25) is 0 Å². The zero-order valence-corrected chi connectivity index (χ0v) is 8.25. The Kier molecular flexibility index (Phi) is 1.80. The van der Waals surface area contributed by atoms with Gasteiger partial charge in [-0.05, 0) is 41.7 Å². The van der Waals surface area contributed by atoms with E-state index in [1.54, 1.807) is 6.08 Å². The zero-order chi connectivity index (χ0) is 9.47. The molecule has 0 unspecified atom stereocenters. The predicted molar refractivity (Wildman–Crippen MR) is 52.8 cm³/mol. The molecule has 0 aromatic rings. The molecule has 0 aromatic carbocycles. The molecule has 1 heteroatoms. The summed E-state index contributed by atoms with van der Waals surface area (Å²) in [5, 5.41) is 8.46. The summed E-state index contributed by atoms with van der Waals surface area (Å²) in [6.45, 7) is 4.69. The van der Waals surface area contributed by atoms with E-state index in [-0.39, 0.29) is 0 Å². The number of rotatable bonds is 1. The van der Waals surface area contributed by atoms with E-state index < -0.39 is 0 Å². The van der Waals surface area contributed by atoms with Crippen LogP contribution in [0.25, 0.3) is 0 Å². The third kappa shape index (κ3) is 1.13. The molecule has 0 aliphatic heterocycles. The minimum Gasteiger partial charge on any atom is -0.193 e. The van der Waals surface area contributed by atoms with Crippen LogP contribution >= 0.6 is 0 Å². The van der Waals surface area contributed by atoms with Gasteiger partial charge in [0.05, 0.1) is 6.07 Å². The molecule has 3 rings (SSSR count). The molecule has 3 aliphatic carbocycles. The van der Waals surface area contributed by atoms with Crippen LogP contribution in [0.1, 0.15) is 26.7 Å². The minimum atomic E-state index is 0.476. The van der Waals surface area contributed by atoms with Gasteiger partial charge in [0.25, 0.3) is 0 Å².